The van der Waals surface area contributed by atoms with Gasteiger partial charge in [-0.2, -0.15) is 11.8 Å². The summed E-state index contributed by atoms with van der Waals surface area (Å²) in [4.78, 5) is 77.4. The normalized spacial score (nSPS) is 23.9. The number of β-amino-alcohol motifs (C(OH)–C–C–N with tert-alkyl or cyclic N) is 1. The smallest absolute Gasteiger partial charge is 0.410 e. The number of thiazole rings is 1. The number of thioether (sulfide) groups is 1. The van der Waals surface area contributed by atoms with E-state index in [9.17, 15) is 29.1 Å². The molecule has 3 atom stereocenters. The van der Waals surface area contributed by atoms with Crippen LogP contribution in [0.15, 0.2) is 29.8 Å². The van der Waals surface area contributed by atoms with Crippen molar-refractivity contribution in [2.75, 3.05) is 38.5 Å². The van der Waals surface area contributed by atoms with E-state index >= 15 is 4.39 Å². The van der Waals surface area contributed by atoms with E-state index in [0.717, 1.165) is 47.4 Å². The quantitative estimate of drug-likeness (QED) is 0.265. The molecule has 6 rings (SSSR count). The topological polar surface area (TPSA) is 161 Å². The molecule has 0 unspecified atom stereocenters. The first-order valence-electron chi connectivity index (χ1n) is 20.5. The Morgan fingerprint density at radius 2 is 1.64 bits per heavy atom. The molecule has 16 heteroatoms. The molecular formula is C42H59FN6O7S2. The number of alkyl halides is 1. The van der Waals surface area contributed by atoms with Crippen LogP contribution in [0.25, 0.3) is 10.4 Å². The average molecular weight is 843 g/mol. The van der Waals surface area contributed by atoms with Crippen molar-refractivity contribution < 1.29 is 38.2 Å². The number of amides is 5. The van der Waals surface area contributed by atoms with E-state index in [1.807, 2.05) is 70.7 Å². The molecule has 3 heterocycles. The second-order valence-corrected chi connectivity index (χ2v) is 20.4. The molecule has 0 spiro atoms. The zero-order valence-electron chi connectivity index (χ0n) is 34.6. The molecule has 0 bridgehead atoms. The molecule has 2 aliphatic carbocycles. The van der Waals surface area contributed by atoms with Crippen LogP contribution in [0, 0.1) is 18.8 Å². The third kappa shape index (κ3) is 10.7. The largest absolute Gasteiger partial charge is 0.444 e. The number of ether oxygens (including phenoxy) is 1. The van der Waals surface area contributed by atoms with Gasteiger partial charge in [-0.1, -0.05) is 24.3 Å². The summed E-state index contributed by atoms with van der Waals surface area (Å²) in [5.74, 6) is -0.811. The molecule has 13 nitrogen and oxygen atoms in total. The van der Waals surface area contributed by atoms with E-state index in [4.69, 9.17) is 4.74 Å². The Labute approximate surface area is 349 Å². The monoisotopic (exact) mass is 842 g/mol. The number of rotatable bonds is 12. The van der Waals surface area contributed by atoms with E-state index in [0.29, 0.717) is 31.9 Å². The number of hydrogen-bond donors (Lipinski definition) is 3. The van der Waals surface area contributed by atoms with E-state index in [1.54, 1.807) is 21.7 Å². The molecule has 5 amide bonds. The summed E-state index contributed by atoms with van der Waals surface area (Å²) in [6.45, 7) is 13.1. The molecule has 2 aliphatic heterocycles. The molecular weight excluding hydrogens is 784 g/mol. The maximum Gasteiger partial charge on any atom is 0.410 e. The van der Waals surface area contributed by atoms with Gasteiger partial charge in [-0.3, -0.25) is 19.2 Å². The SMILES string of the molecule is Cc1ncsc1-c1ccc(CNC(=O)[C@H]2C[C@@H](O)CN2C(=O)[C@@H](NC(=O)C2(F)CC2)C(C)(C)SCC2CCC(C(=O)N3CCN(C(=O)OC(C)(C)C)CC3)CC2)cc1. The Bertz CT molecular complexity index is 1810. The molecule has 4 aliphatic rings. The van der Waals surface area contributed by atoms with Crippen LogP contribution < -0.4 is 10.6 Å². The van der Waals surface area contributed by atoms with Gasteiger partial charge in [-0.15, -0.1) is 11.3 Å². The predicted octanol–water partition coefficient (Wildman–Crippen LogP) is 5.08. The lowest BCUT2D eigenvalue weighted by Gasteiger charge is -2.39. The maximum absolute atomic E-state index is 15.1. The minimum Gasteiger partial charge on any atom is -0.444 e. The van der Waals surface area contributed by atoms with Crippen LogP contribution in [0.5, 0.6) is 0 Å². The standard InChI is InChI=1S/C42H59FN6O7S2/c1-26-33(57-25-45-26)29-11-7-27(8-12-29)22-44-35(51)32-21-31(50)23-49(32)37(53)34(46-38(54)42(43)15-16-42)41(5,6)58-24-28-9-13-30(14-10-28)36(52)47-17-19-48(20-18-47)39(55)56-40(2,3)4/h7-8,11-12,25,28,30-32,34,50H,9-10,13-24H2,1-6H3,(H,44,51)(H,46,54)/t28?,30?,31-,32-,34-/m1/s1. The third-order valence-corrected chi connectivity index (χ3v) is 14.3. The van der Waals surface area contributed by atoms with Crippen LogP contribution in [0.3, 0.4) is 0 Å². The number of aromatic nitrogens is 1. The van der Waals surface area contributed by atoms with Crippen molar-refractivity contribution in [2.45, 2.75) is 127 Å². The fourth-order valence-electron chi connectivity index (χ4n) is 7.95. The predicted molar refractivity (Wildman–Crippen MR) is 222 cm³/mol. The van der Waals surface area contributed by atoms with Gasteiger partial charge < -0.3 is 35.2 Å². The molecule has 2 saturated heterocycles. The van der Waals surface area contributed by atoms with Crippen LogP contribution in [0.4, 0.5) is 9.18 Å². The highest BCUT2D eigenvalue weighted by atomic mass is 32.2. The summed E-state index contributed by atoms with van der Waals surface area (Å²) < 4.78 is 19.6. The van der Waals surface area contributed by atoms with Gasteiger partial charge >= 0.3 is 6.09 Å². The average Bonchev–Trinajstić information content (AvgIpc) is 3.60. The lowest BCUT2D eigenvalue weighted by molar-refractivity contribution is -0.143. The number of piperazine rings is 1. The number of nitrogens with one attached hydrogen (secondary N) is 2. The van der Waals surface area contributed by atoms with E-state index in [2.05, 4.69) is 15.6 Å². The van der Waals surface area contributed by atoms with Gasteiger partial charge in [0.1, 0.15) is 17.7 Å². The molecule has 0 radical (unpaired) electrons. The Hall–Kier alpha value is -3.76. The number of aliphatic hydroxyl groups is 1. The minimum absolute atomic E-state index is 0.0455. The number of benzene rings is 1. The van der Waals surface area contributed by atoms with Gasteiger partial charge in [0.15, 0.2) is 5.67 Å². The Balaban J connectivity index is 1.03. The van der Waals surface area contributed by atoms with Crippen LogP contribution in [-0.2, 0) is 30.5 Å². The Morgan fingerprint density at radius 1 is 1.00 bits per heavy atom. The molecule has 58 heavy (non-hydrogen) atoms. The summed E-state index contributed by atoms with van der Waals surface area (Å²) in [6.07, 6.45) is 2.05. The van der Waals surface area contributed by atoms with Crippen molar-refractivity contribution in [1.82, 2.24) is 30.3 Å². The van der Waals surface area contributed by atoms with E-state index < -0.39 is 51.9 Å². The third-order valence-electron chi connectivity index (χ3n) is 11.7. The molecule has 2 saturated carbocycles. The first-order chi connectivity index (χ1) is 27.3. The van der Waals surface area contributed by atoms with Crippen molar-refractivity contribution in [1.29, 1.82) is 0 Å². The summed E-state index contributed by atoms with van der Waals surface area (Å²) in [6, 6.07) is 5.70. The lowest BCUT2D eigenvalue weighted by Crippen LogP contribution is -2.61. The van der Waals surface area contributed by atoms with Gasteiger partial charge in [-0.05, 0) is 103 Å². The van der Waals surface area contributed by atoms with Gasteiger partial charge in [0.2, 0.25) is 17.7 Å². The maximum atomic E-state index is 15.1. The molecule has 1 aromatic carbocycles. The van der Waals surface area contributed by atoms with E-state index in [1.165, 1.54) is 16.7 Å². The molecule has 1 aromatic heterocycles. The number of aliphatic hydroxyl groups excluding tert-OH is 1. The number of hydrogen-bond acceptors (Lipinski definition) is 10. The summed E-state index contributed by atoms with van der Waals surface area (Å²) in [5.41, 5.74) is 2.07. The zero-order valence-corrected chi connectivity index (χ0v) is 36.2. The summed E-state index contributed by atoms with van der Waals surface area (Å²) in [5, 5.41) is 16.4. The van der Waals surface area contributed by atoms with Crippen molar-refractivity contribution in [3.63, 3.8) is 0 Å². The number of halogens is 1. The fraction of sp³-hybridized carbons (Fsp3) is 0.667. The number of likely N-dealkylation sites (tertiary alicyclic amines) is 1. The Kier molecular flexibility index (Phi) is 13.5. The molecule has 2 aromatic rings. The van der Waals surface area contributed by atoms with E-state index in [-0.39, 0.29) is 56.2 Å². The lowest BCUT2D eigenvalue weighted by atomic mass is 9.82. The molecule has 3 N–H and O–H groups in total. The summed E-state index contributed by atoms with van der Waals surface area (Å²) in [7, 11) is 0. The number of carbonyl (C=O) groups is 5. The summed E-state index contributed by atoms with van der Waals surface area (Å²) >= 11 is 3.08. The van der Waals surface area contributed by atoms with Crippen LogP contribution in [0.2, 0.25) is 0 Å². The van der Waals surface area contributed by atoms with Crippen LogP contribution in [0.1, 0.15) is 90.8 Å². The van der Waals surface area contributed by atoms with Crippen LogP contribution >= 0.6 is 23.1 Å². The van der Waals surface area contributed by atoms with Crippen molar-refractivity contribution >= 4 is 52.8 Å². The number of aryl methyl sites for hydroxylation is 1. The highest BCUT2D eigenvalue weighted by Gasteiger charge is 2.54. The molecule has 318 valence electrons. The van der Waals surface area contributed by atoms with Crippen LogP contribution in [-0.4, -0.2) is 127 Å². The van der Waals surface area contributed by atoms with Gasteiger partial charge in [0.05, 0.1) is 22.2 Å². The second kappa shape index (κ2) is 17.8. The highest BCUT2D eigenvalue weighted by molar-refractivity contribution is 8.00. The first kappa shape index (κ1) is 43.8. The number of carbonyl (C=O) groups excluding carboxylic acids is 5. The highest BCUT2D eigenvalue weighted by Crippen LogP contribution is 2.42. The second-order valence-electron chi connectivity index (χ2n) is 17.9. The first-order valence-corrected chi connectivity index (χ1v) is 22.4. The molecule has 4 fully saturated rings. The van der Waals surface area contributed by atoms with Gasteiger partial charge in [0, 0.05) is 56.4 Å². The Morgan fingerprint density at radius 3 is 2.22 bits per heavy atom. The number of nitrogens with zero attached hydrogens (tertiary/aromatic N) is 4. The fourth-order valence-corrected chi connectivity index (χ4v) is 10.1. The van der Waals surface area contributed by atoms with Crippen molar-refractivity contribution in [2.24, 2.45) is 11.8 Å². The zero-order chi connectivity index (χ0) is 42.0. The van der Waals surface area contributed by atoms with Gasteiger partial charge in [-0.25, -0.2) is 14.2 Å². The minimum atomic E-state index is -2.01. The van der Waals surface area contributed by atoms with Gasteiger partial charge in [0.25, 0.3) is 5.91 Å². The van der Waals surface area contributed by atoms with Crippen molar-refractivity contribution in [3.8, 4) is 10.4 Å². The van der Waals surface area contributed by atoms with Crippen molar-refractivity contribution in [3.05, 3.63) is 41.0 Å².